The molecule has 0 atom stereocenters. The zero-order chi connectivity index (χ0) is 17.4. The van der Waals surface area contributed by atoms with Crippen LogP contribution in [0.1, 0.15) is 17.0 Å². The fourth-order valence-corrected chi connectivity index (χ4v) is 3.35. The highest BCUT2D eigenvalue weighted by Crippen LogP contribution is 2.23. The number of pyridine rings is 1. The molecule has 3 aromatic heterocycles. The van der Waals surface area contributed by atoms with E-state index in [0.717, 1.165) is 55.5 Å². The molecule has 0 aliphatic carbocycles. The number of halogens is 1. The zero-order valence-electron chi connectivity index (χ0n) is 14.4. The van der Waals surface area contributed by atoms with Gasteiger partial charge in [-0.3, -0.25) is 9.88 Å². The van der Waals surface area contributed by atoms with Crippen LogP contribution >= 0.6 is 11.6 Å². The van der Waals surface area contributed by atoms with Crippen LogP contribution in [-0.4, -0.2) is 55.6 Å². The van der Waals surface area contributed by atoms with E-state index < -0.39 is 0 Å². The van der Waals surface area contributed by atoms with Crippen LogP contribution in [0.3, 0.4) is 0 Å². The monoisotopic (exact) mass is 357 g/mol. The largest absolute Gasteiger partial charge is 0.354 e. The van der Waals surface area contributed by atoms with E-state index in [1.54, 1.807) is 12.5 Å². The fraction of sp³-hybridized carbons (Fsp3) is 0.412. The molecular formula is C17H20ClN7. The minimum absolute atomic E-state index is 0.658. The summed E-state index contributed by atoms with van der Waals surface area (Å²) in [4.78, 5) is 17.9. The summed E-state index contributed by atoms with van der Waals surface area (Å²) in [6, 6.07) is 3.88. The highest BCUT2D eigenvalue weighted by atomic mass is 35.5. The molecule has 0 aromatic carbocycles. The van der Waals surface area contributed by atoms with E-state index in [1.165, 1.54) is 0 Å². The third-order valence-corrected chi connectivity index (χ3v) is 4.95. The van der Waals surface area contributed by atoms with Gasteiger partial charge in [-0.15, -0.1) is 0 Å². The summed E-state index contributed by atoms with van der Waals surface area (Å²) in [5, 5.41) is 5.03. The van der Waals surface area contributed by atoms with Crippen molar-refractivity contribution in [3.05, 3.63) is 46.6 Å². The van der Waals surface area contributed by atoms with Crippen molar-refractivity contribution in [1.29, 1.82) is 0 Å². The number of fused-ring (bicyclic) bond motifs is 1. The predicted molar refractivity (Wildman–Crippen MR) is 97.0 cm³/mol. The Morgan fingerprint density at radius 3 is 2.60 bits per heavy atom. The van der Waals surface area contributed by atoms with Crippen molar-refractivity contribution in [3.8, 4) is 0 Å². The molecule has 1 aliphatic rings. The van der Waals surface area contributed by atoms with E-state index in [0.29, 0.717) is 10.8 Å². The SMILES string of the molecule is Cc1nc2ncnn2c(N2CCN(Cc3ccc(Cl)cn3)CC2)c1C. The van der Waals surface area contributed by atoms with Crippen LogP contribution < -0.4 is 4.90 Å². The molecule has 0 unspecified atom stereocenters. The lowest BCUT2D eigenvalue weighted by molar-refractivity contribution is 0.246. The van der Waals surface area contributed by atoms with Crippen molar-refractivity contribution in [2.75, 3.05) is 31.1 Å². The smallest absolute Gasteiger partial charge is 0.254 e. The first-order chi connectivity index (χ1) is 12.1. The third kappa shape index (κ3) is 3.17. The number of anilines is 1. The Kier molecular flexibility index (Phi) is 4.27. The number of hydrogen-bond donors (Lipinski definition) is 0. The van der Waals surface area contributed by atoms with Crippen molar-refractivity contribution in [2.24, 2.45) is 0 Å². The summed E-state index contributed by atoms with van der Waals surface area (Å²) in [7, 11) is 0. The lowest BCUT2D eigenvalue weighted by Gasteiger charge is -2.36. The van der Waals surface area contributed by atoms with Crippen molar-refractivity contribution < 1.29 is 0 Å². The summed E-state index contributed by atoms with van der Waals surface area (Å²) in [5.41, 5.74) is 3.21. The molecule has 130 valence electrons. The maximum absolute atomic E-state index is 5.91. The Morgan fingerprint density at radius 2 is 1.88 bits per heavy atom. The van der Waals surface area contributed by atoms with Crippen LogP contribution in [0.25, 0.3) is 5.78 Å². The average Bonchev–Trinajstić information content (AvgIpc) is 3.07. The number of nitrogens with zero attached hydrogens (tertiary/aromatic N) is 7. The lowest BCUT2D eigenvalue weighted by Crippen LogP contribution is -2.47. The molecule has 0 saturated carbocycles. The second-order valence-electron chi connectivity index (χ2n) is 6.35. The summed E-state index contributed by atoms with van der Waals surface area (Å²) in [5.74, 6) is 1.76. The summed E-state index contributed by atoms with van der Waals surface area (Å²) in [6.07, 6.45) is 3.27. The second kappa shape index (κ2) is 6.57. The molecule has 3 aromatic rings. The topological polar surface area (TPSA) is 62.5 Å². The van der Waals surface area contributed by atoms with Crippen LogP contribution in [0.2, 0.25) is 5.02 Å². The van der Waals surface area contributed by atoms with Gasteiger partial charge in [-0.05, 0) is 26.0 Å². The Hall–Kier alpha value is -2.25. The van der Waals surface area contributed by atoms with Gasteiger partial charge in [0.15, 0.2) is 0 Å². The van der Waals surface area contributed by atoms with Crippen LogP contribution in [-0.2, 0) is 6.54 Å². The van der Waals surface area contributed by atoms with E-state index in [4.69, 9.17) is 11.6 Å². The Morgan fingerprint density at radius 1 is 1.08 bits per heavy atom. The van der Waals surface area contributed by atoms with Gasteiger partial charge < -0.3 is 4.90 Å². The summed E-state index contributed by atoms with van der Waals surface area (Å²) in [6.45, 7) is 8.79. The molecule has 1 aliphatic heterocycles. The molecule has 0 radical (unpaired) electrons. The van der Waals surface area contributed by atoms with Crippen LogP contribution in [0, 0.1) is 13.8 Å². The molecule has 4 rings (SSSR count). The predicted octanol–water partition coefficient (Wildman–Crippen LogP) is 2.11. The van der Waals surface area contributed by atoms with Gasteiger partial charge in [-0.25, -0.2) is 4.98 Å². The van der Waals surface area contributed by atoms with Crippen molar-refractivity contribution in [3.63, 3.8) is 0 Å². The molecule has 1 saturated heterocycles. The van der Waals surface area contributed by atoms with Gasteiger partial charge in [0.25, 0.3) is 5.78 Å². The van der Waals surface area contributed by atoms with Crippen LogP contribution in [0.4, 0.5) is 5.82 Å². The molecule has 0 spiro atoms. The lowest BCUT2D eigenvalue weighted by atomic mass is 10.2. The number of hydrogen-bond acceptors (Lipinski definition) is 6. The first-order valence-corrected chi connectivity index (χ1v) is 8.74. The first kappa shape index (κ1) is 16.2. The summed E-state index contributed by atoms with van der Waals surface area (Å²) < 4.78 is 1.85. The number of rotatable bonds is 3. The van der Waals surface area contributed by atoms with E-state index in [1.807, 2.05) is 23.6 Å². The first-order valence-electron chi connectivity index (χ1n) is 8.36. The van der Waals surface area contributed by atoms with Gasteiger partial charge in [0, 0.05) is 50.2 Å². The number of aromatic nitrogens is 5. The third-order valence-electron chi connectivity index (χ3n) is 4.72. The molecule has 25 heavy (non-hydrogen) atoms. The molecular weight excluding hydrogens is 338 g/mol. The average molecular weight is 358 g/mol. The maximum atomic E-state index is 5.91. The quantitative estimate of drug-likeness (QED) is 0.715. The van der Waals surface area contributed by atoms with Gasteiger partial charge in [-0.2, -0.15) is 14.6 Å². The zero-order valence-corrected chi connectivity index (χ0v) is 15.1. The molecule has 8 heteroatoms. The van der Waals surface area contributed by atoms with Crippen molar-refractivity contribution in [1.82, 2.24) is 29.5 Å². The number of aryl methyl sites for hydroxylation is 1. The number of piperazine rings is 1. The molecule has 4 heterocycles. The minimum Gasteiger partial charge on any atom is -0.354 e. The maximum Gasteiger partial charge on any atom is 0.254 e. The van der Waals surface area contributed by atoms with Crippen molar-refractivity contribution >= 4 is 23.2 Å². The molecule has 0 amide bonds. The Labute approximate surface area is 151 Å². The van der Waals surface area contributed by atoms with Gasteiger partial charge in [0.2, 0.25) is 0 Å². The summed E-state index contributed by atoms with van der Waals surface area (Å²) >= 11 is 5.91. The standard InChI is InChI=1S/C17H20ClN7/c1-12-13(2)22-17-20-11-21-25(17)16(12)24-7-5-23(6-8-24)10-15-4-3-14(18)9-19-15/h3-4,9,11H,5-8,10H2,1-2H3. The molecule has 0 bridgehead atoms. The Bertz CT molecular complexity index is 882. The van der Waals surface area contributed by atoms with Gasteiger partial charge in [0.05, 0.1) is 10.7 Å². The van der Waals surface area contributed by atoms with E-state index >= 15 is 0 Å². The highest BCUT2D eigenvalue weighted by Gasteiger charge is 2.22. The van der Waals surface area contributed by atoms with E-state index in [9.17, 15) is 0 Å². The van der Waals surface area contributed by atoms with Gasteiger partial charge in [-0.1, -0.05) is 11.6 Å². The molecule has 1 fully saturated rings. The second-order valence-corrected chi connectivity index (χ2v) is 6.79. The molecule has 0 N–H and O–H groups in total. The van der Waals surface area contributed by atoms with Crippen LogP contribution in [0.5, 0.6) is 0 Å². The molecule has 7 nitrogen and oxygen atoms in total. The van der Waals surface area contributed by atoms with Gasteiger partial charge in [0.1, 0.15) is 12.1 Å². The fourth-order valence-electron chi connectivity index (χ4n) is 3.23. The Balaban J connectivity index is 1.50. The van der Waals surface area contributed by atoms with E-state index in [-0.39, 0.29) is 0 Å². The minimum atomic E-state index is 0.658. The van der Waals surface area contributed by atoms with Crippen LogP contribution in [0.15, 0.2) is 24.7 Å². The van der Waals surface area contributed by atoms with E-state index in [2.05, 4.69) is 36.8 Å². The van der Waals surface area contributed by atoms with Crippen molar-refractivity contribution in [2.45, 2.75) is 20.4 Å². The normalized spacial score (nSPS) is 15.9. The highest BCUT2D eigenvalue weighted by molar-refractivity contribution is 6.30. The van der Waals surface area contributed by atoms with Gasteiger partial charge >= 0.3 is 0 Å².